The van der Waals surface area contributed by atoms with Crippen LogP contribution in [0.4, 0.5) is 0 Å². The number of esters is 1. The van der Waals surface area contributed by atoms with Crippen LogP contribution in [0.25, 0.3) is 0 Å². The lowest BCUT2D eigenvalue weighted by Gasteiger charge is -2.25. The van der Waals surface area contributed by atoms with Crippen LogP contribution in [0, 0.1) is 12.3 Å². The van der Waals surface area contributed by atoms with Gasteiger partial charge in [-0.2, -0.15) is 0 Å². The highest BCUT2D eigenvalue weighted by atomic mass is 16.5. The third kappa shape index (κ3) is 4.75. The van der Waals surface area contributed by atoms with Crippen molar-refractivity contribution in [2.24, 2.45) is 0 Å². The molecular weight excluding hydrogens is 154 g/mol. The van der Waals surface area contributed by atoms with Crippen LogP contribution in [0.1, 0.15) is 6.92 Å². The van der Waals surface area contributed by atoms with E-state index in [4.69, 9.17) is 11.2 Å². The minimum absolute atomic E-state index is 0.197. The summed E-state index contributed by atoms with van der Waals surface area (Å²) in [7, 11) is 3.80. The molecule has 0 heterocycles. The molecular formula is C9H16NO2+. The average Bonchev–Trinajstić information content (AvgIpc) is 1.85. The fourth-order valence-corrected chi connectivity index (χ4v) is 0.859. The van der Waals surface area contributed by atoms with Crippen LogP contribution in [0.2, 0.25) is 0 Å². The number of terminal acetylenes is 1. The summed E-state index contributed by atoms with van der Waals surface area (Å²) in [6, 6.07) is 0. The lowest BCUT2D eigenvalue weighted by atomic mass is 10.4. The first-order chi connectivity index (χ1) is 5.52. The number of carbonyl (C=O) groups excluding carboxylic acids is 1. The van der Waals surface area contributed by atoms with Gasteiger partial charge in [-0.3, -0.25) is 0 Å². The van der Waals surface area contributed by atoms with Gasteiger partial charge in [-0.05, 0) is 12.8 Å². The van der Waals surface area contributed by atoms with Crippen molar-refractivity contribution < 1.29 is 14.0 Å². The summed E-state index contributed by atoms with van der Waals surface area (Å²) in [6.07, 6.45) is 5.15. The Morgan fingerprint density at radius 1 is 1.58 bits per heavy atom. The molecule has 0 rings (SSSR count). The lowest BCUT2D eigenvalue weighted by molar-refractivity contribution is -0.875. The molecule has 0 saturated carbocycles. The van der Waals surface area contributed by atoms with E-state index in [1.165, 1.54) is 0 Å². The van der Waals surface area contributed by atoms with Crippen LogP contribution in [-0.2, 0) is 9.53 Å². The van der Waals surface area contributed by atoms with E-state index in [1.807, 2.05) is 14.1 Å². The number of carbonyl (C=O) groups is 1. The number of nitrogens with zero attached hydrogens (tertiary/aromatic N) is 1. The van der Waals surface area contributed by atoms with E-state index in [2.05, 4.69) is 5.92 Å². The number of ether oxygens (including phenoxy) is 1. The molecule has 0 aromatic carbocycles. The second-order valence-electron chi connectivity index (χ2n) is 3.26. The zero-order chi connectivity index (χ0) is 9.61. The summed E-state index contributed by atoms with van der Waals surface area (Å²) in [5.74, 6) is 2.32. The molecule has 3 nitrogen and oxygen atoms in total. The molecule has 0 atom stereocenters. The Kier molecular flexibility index (Phi) is 4.38. The van der Waals surface area contributed by atoms with Crippen LogP contribution in [0.5, 0.6) is 0 Å². The SMILES string of the molecule is C#CC[N+](C)(C)CC(=O)OCC. The Morgan fingerprint density at radius 2 is 2.17 bits per heavy atom. The van der Waals surface area contributed by atoms with Gasteiger partial charge in [0.15, 0.2) is 6.54 Å². The second kappa shape index (κ2) is 4.78. The van der Waals surface area contributed by atoms with Gasteiger partial charge in [0.1, 0.15) is 6.54 Å². The zero-order valence-electron chi connectivity index (χ0n) is 7.96. The molecule has 0 spiro atoms. The Labute approximate surface area is 73.9 Å². The average molecular weight is 170 g/mol. The molecule has 0 fully saturated rings. The minimum Gasteiger partial charge on any atom is -0.462 e. The highest BCUT2D eigenvalue weighted by Crippen LogP contribution is 1.96. The monoisotopic (exact) mass is 170 g/mol. The predicted molar refractivity (Wildman–Crippen MR) is 47.3 cm³/mol. The fraction of sp³-hybridized carbons (Fsp3) is 0.667. The predicted octanol–water partition coefficient (Wildman–Crippen LogP) is 0.259. The quantitative estimate of drug-likeness (QED) is 0.344. The molecule has 0 amide bonds. The number of hydrogen-bond donors (Lipinski definition) is 0. The molecule has 0 aliphatic rings. The van der Waals surface area contributed by atoms with Crippen molar-refractivity contribution in [1.29, 1.82) is 0 Å². The van der Waals surface area contributed by atoms with Crippen molar-refractivity contribution >= 4 is 5.97 Å². The first kappa shape index (κ1) is 11.0. The molecule has 3 heteroatoms. The van der Waals surface area contributed by atoms with E-state index < -0.39 is 0 Å². The molecule has 0 saturated heterocycles. The molecule has 0 aromatic rings. The van der Waals surface area contributed by atoms with E-state index in [0.29, 0.717) is 24.2 Å². The van der Waals surface area contributed by atoms with Crippen molar-refractivity contribution in [3.05, 3.63) is 0 Å². The molecule has 0 aliphatic heterocycles. The normalized spacial score (nSPS) is 10.5. The van der Waals surface area contributed by atoms with Crippen molar-refractivity contribution in [2.75, 3.05) is 33.8 Å². The molecule has 68 valence electrons. The second-order valence-corrected chi connectivity index (χ2v) is 3.26. The number of likely N-dealkylation sites (N-methyl/N-ethyl adjacent to an activating group) is 1. The van der Waals surface area contributed by atoms with Crippen LogP contribution >= 0.6 is 0 Å². The third-order valence-corrected chi connectivity index (χ3v) is 1.38. The maximum absolute atomic E-state index is 11.0. The van der Waals surface area contributed by atoms with Crippen LogP contribution in [0.3, 0.4) is 0 Å². The van der Waals surface area contributed by atoms with E-state index in [9.17, 15) is 4.79 Å². The van der Waals surface area contributed by atoms with Gasteiger partial charge in [-0.25, -0.2) is 4.79 Å². The van der Waals surface area contributed by atoms with Gasteiger partial charge in [0.25, 0.3) is 0 Å². The smallest absolute Gasteiger partial charge is 0.361 e. The fourth-order valence-electron chi connectivity index (χ4n) is 0.859. The molecule has 0 aromatic heterocycles. The van der Waals surface area contributed by atoms with E-state index >= 15 is 0 Å². The zero-order valence-corrected chi connectivity index (χ0v) is 7.96. The largest absolute Gasteiger partial charge is 0.462 e. The third-order valence-electron chi connectivity index (χ3n) is 1.38. The van der Waals surface area contributed by atoms with Gasteiger partial charge in [0, 0.05) is 0 Å². The number of hydrogen-bond acceptors (Lipinski definition) is 2. The van der Waals surface area contributed by atoms with E-state index in [-0.39, 0.29) is 5.97 Å². The number of quaternary nitrogens is 1. The molecule has 0 aliphatic carbocycles. The molecule has 0 bridgehead atoms. The minimum atomic E-state index is -0.197. The van der Waals surface area contributed by atoms with Crippen molar-refractivity contribution in [3.8, 4) is 12.3 Å². The van der Waals surface area contributed by atoms with Gasteiger partial charge in [-0.15, -0.1) is 6.42 Å². The van der Waals surface area contributed by atoms with Crippen LogP contribution in [-0.4, -0.2) is 44.2 Å². The van der Waals surface area contributed by atoms with Gasteiger partial charge in [0.05, 0.1) is 20.7 Å². The topological polar surface area (TPSA) is 26.3 Å². The summed E-state index contributed by atoms with van der Waals surface area (Å²) in [4.78, 5) is 11.0. The standard InChI is InChI=1S/C9H16NO2/c1-5-7-10(3,4)8-9(11)12-6-2/h1H,6-8H2,2-4H3/q+1. The molecule has 0 unspecified atom stereocenters. The Balaban J connectivity index is 3.89. The van der Waals surface area contributed by atoms with Crippen LogP contribution < -0.4 is 0 Å². The first-order valence-electron chi connectivity index (χ1n) is 3.93. The van der Waals surface area contributed by atoms with Crippen LogP contribution in [0.15, 0.2) is 0 Å². The molecule has 0 N–H and O–H groups in total. The van der Waals surface area contributed by atoms with Gasteiger partial charge >= 0.3 is 5.97 Å². The maximum atomic E-state index is 11.0. The molecule has 12 heavy (non-hydrogen) atoms. The van der Waals surface area contributed by atoms with E-state index in [0.717, 1.165) is 0 Å². The summed E-state index contributed by atoms with van der Waals surface area (Å²) in [5, 5.41) is 0. The maximum Gasteiger partial charge on any atom is 0.361 e. The van der Waals surface area contributed by atoms with Crippen molar-refractivity contribution in [2.45, 2.75) is 6.92 Å². The van der Waals surface area contributed by atoms with Gasteiger partial charge < -0.3 is 9.22 Å². The van der Waals surface area contributed by atoms with E-state index in [1.54, 1.807) is 6.92 Å². The highest BCUT2D eigenvalue weighted by Gasteiger charge is 2.19. The first-order valence-corrected chi connectivity index (χ1v) is 3.93. The Bertz CT molecular complexity index is 191. The lowest BCUT2D eigenvalue weighted by Crippen LogP contribution is -2.44. The van der Waals surface area contributed by atoms with Gasteiger partial charge in [-0.1, -0.05) is 0 Å². The Morgan fingerprint density at radius 3 is 2.58 bits per heavy atom. The summed E-state index contributed by atoms with van der Waals surface area (Å²) < 4.78 is 5.28. The summed E-state index contributed by atoms with van der Waals surface area (Å²) >= 11 is 0. The summed E-state index contributed by atoms with van der Waals surface area (Å²) in [6.45, 7) is 3.09. The van der Waals surface area contributed by atoms with Crippen molar-refractivity contribution in [1.82, 2.24) is 0 Å². The molecule has 0 radical (unpaired) electrons. The Hall–Kier alpha value is -1.01. The van der Waals surface area contributed by atoms with Gasteiger partial charge in [0.2, 0.25) is 0 Å². The van der Waals surface area contributed by atoms with Crippen molar-refractivity contribution in [3.63, 3.8) is 0 Å². The summed E-state index contributed by atoms with van der Waals surface area (Å²) in [5.41, 5.74) is 0. The number of rotatable bonds is 4. The highest BCUT2D eigenvalue weighted by molar-refractivity contribution is 5.70.